The number of amides is 1. The lowest BCUT2D eigenvalue weighted by molar-refractivity contribution is 0.00578. The minimum atomic E-state index is -3.61. The van der Waals surface area contributed by atoms with Gasteiger partial charge in [0.05, 0.1) is 17.0 Å². The van der Waals surface area contributed by atoms with Crippen molar-refractivity contribution in [2.75, 3.05) is 18.8 Å². The molecule has 11 heteroatoms. The molecule has 0 bridgehead atoms. The van der Waals surface area contributed by atoms with E-state index in [0.29, 0.717) is 31.4 Å². The zero-order valence-corrected chi connectivity index (χ0v) is 22.3. The molecule has 1 aromatic rings. The number of nitrogens with zero attached hydrogens (tertiary/aromatic N) is 3. The molecule has 3 heterocycles. The van der Waals surface area contributed by atoms with Crippen LogP contribution in [0.1, 0.15) is 74.1 Å². The molecule has 0 spiro atoms. The maximum atomic E-state index is 12.8. The van der Waals surface area contributed by atoms with Crippen LogP contribution in [0.25, 0.3) is 0 Å². The zero-order chi connectivity index (χ0) is 25.4. The van der Waals surface area contributed by atoms with E-state index in [2.05, 4.69) is 9.97 Å². The molecule has 3 rings (SSSR count). The summed E-state index contributed by atoms with van der Waals surface area (Å²) in [7, 11) is -4.25. The van der Waals surface area contributed by atoms with Crippen molar-refractivity contribution in [3.8, 4) is 0 Å². The molecule has 2 aliphatic rings. The number of carbonyl (C=O) groups excluding carboxylic acids is 1. The summed E-state index contributed by atoms with van der Waals surface area (Å²) >= 11 is 0. The molecule has 34 heavy (non-hydrogen) atoms. The first-order valence-electron chi connectivity index (χ1n) is 12.0. The Kier molecular flexibility index (Phi) is 7.70. The number of carbonyl (C=O) groups is 1. The second-order valence-electron chi connectivity index (χ2n) is 11.3. The molecular formula is C23H38BN3O6S. The van der Waals surface area contributed by atoms with E-state index in [4.69, 9.17) is 14.0 Å². The summed E-state index contributed by atoms with van der Waals surface area (Å²) in [4.78, 5) is 22.3. The third-order valence-electron chi connectivity index (χ3n) is 6.65. The minimum absolute atomic E-state index is 0.0359. The quantitative estimate of drug-likeness (QED) is 0.438. The first-order chi connectivity index (χ1) is 15.6. The monoisotopic (exact) mass is 495 g/mol. The van der Waals surface area contributed by atoms with Crippen molar-refractivity contribution < 1.29 is 27.3 Å². The number of hydrogen-bond donors (Lipinski definition) is 0. The normalized spacial score (nSPS) is 22.6. The highest BCUT2D eigenvalue weighted by molar-refractivity contribution is 7.91. The highest BCUT2D eigenvalue weighted by atomic mass is 32.2. The Labute approximate surface area is 204 Å². The summed E-state index contributed by atoms with van der Waals surface area (Å²) in [5.74, 6) is 0.217. The van der Waals surface area contributed by atoms with Crippen LogP contribution in [0.4, 0.5) is 4.79 Å². The largest absolute Gasteiger partial charge is 0.498 e. The number of ether oxygens (including phenoxy) is 1. The van der Waals surface area contributed by atoms with Crippen LogP contribution in [0.5, 0.6) is 0 Å². The standard InChI is InChI=1S/C23H38BN3O6S/c1-21(2,3)31-20(28)27-12-8-10-17(16-27)11-9-13-34(29,30)19-25-14-18(15-26-19)24-32-22(4,5)23(6,7)33-24/h14-15,17H,8-13,16H2,1-7H3/t17-/m1/s1. The maximum absolute atomic E-state index is 12.8. The van der Waals surface area contributed by atoms with Crippen molar-refractivity contribution >= 4 is 28.5 Å². The molecule has 1 amide bonds. The third-order valence-corrected chi connectivity index (χ3v) is 8.24. The summed E-state index contributed by atoms with van der Waals surface area (Å²) in [5.41, 5.74) is -0.945. The van der Waals surface area contributed by atoms with Gasteiger partial charge in [-0.15, -0.1) is 0 Å². The van der Waals surface area contributed by atoms with Crippen LogP contribution < -0.4 is 5.46 Å². The predicted molar refractivity (Wildman–Crippen MR) is 130 cm³/mol. The van der Waals surface area contributed by atoms with Gasteiger partial charge in [0, 0.05) is 30.9 Å². The molecule has 1 aromatic heterocycles. The van der Waals surface area contributed by atoms with Crippen LogP contribution in [0.3, 0.4) is 0 Å². The molecule has 0 aliphatic carbocycles. The molecule has 190 valence electrons. The second-order valence-corrected chi connectivity index (χ2v) is 13.3. The van der Waals surface area contributed by atoms with Crippen LogP contribution in [0.15, 0.2) is 17.6 Å². The van der Waals surface area contributed by atoms with Crippen molar-refractivity contribution in [1.29, 1.82) is 0 Å². The third kappa shape index (κ3) is 6.49. The summed E-state index contributed by atoms with van der Waals surface area (Å²) in [5, 5.41) is -0.188. The molecule has 0 radical (unpaired) electrons. The molecular weight excluding hydrogens is 457 g/mol. The number of rotatable bonds is 6. The first-order valence-corrected chi connectivity index (χ1v) is 13.6. The fraction of sp³-hybridized carbons (Fsp3) is 0.783. The summed E-state index contributed by atoms with van der Waals surface area (Å²) in [6, 6.07) is 0. The van der Waals surface area contributed by atoms with Gasteiger partial charge in [-0.2, -0.15) is 0 Å². The lowest BCUT2D eigenvalue weighted by Crippen LogP contribution is -2.42. The molecule has 2 aliphatic heterocycles. The number of aromatic nitrogens is 2. The van der Waals surface area contributed by atoms with Crippen molar-refractivity contribution in [3.63, 3.8) is 0 Å². The van der Waals surface area contributed by atoms with Gasteiger partial charge in [-0.05, 0) is 80.1 Å². The number of piperidine rings is 1. The van der Waals surface area contributed by atoms with Gasteiger partial charge in [-0.25, -0.2) is 23.2 Å². The second kappa shape index (κ2) is 9.74. The Balaban J connectivity index is 1.52. The van der Waals surface area contributed by atoms with Crippen LogP contribution in [-0.2, 0) is 23.9 Å². The van der Waals surface area contributed by atoms with E-state index in [-0.39, 0.29) is 22.9 Å². The SMILES string of the molecule is CC(C)(C)OC(=O)N1CCC[C@H](CCCS(=O)(=O)c2ncc(B3OC(C)(C)C(C)(C)O3)cn2)C1. The van der Waals surface area contributed by atoms with Crippen molar-refractivity contribution in [2.24, 2.45) is 5.92 Å². The lowest BCUT2D eigenvalue weighted by atomic mass is 9.81. The average Bonchev–Trinajstić information content (AvgIpc) is 2.94. The number of sulfone groups is 1. The summed E-state index contributed by atoms with van der Waals surface area (Å²) in [6.07, 6.45) is 5.67. The van der Waals surface area contributed by atoms with Gasteiger partial charge in [-0.1, -0.05) is 0 Å². The lowest BCUT2D eigenvalue weighted by Gasteiger charge is -2.34. The molecule has 0 aromatic carbocycles. The van der Waals surface area contributed by atoms with Gasteiger partial charge in [0.2, 0.25) is 15.0 Å². The van der Waals surface area contributed by atoms with E-state index in [0.717, 1.165) is 12.8 Å². The van der Waals surface area contributed by atoms with Crippen molar-refractivity contribution in [1.82, 2.24) is 14.9 Å². The average molecular weight is 495 g/mol. The van der Waals surface area contributed by atoms with Crippen LogP contribution in [0, 0.1) is 5.92 Å². The minimum Gasteiger partial charge on any atom is -0.444 e. The van der Waals surface area contributed by atoms with E-state index in [1.165, 1.54) is 12.4 Å². The van der Waals surface area contributed by atoms with Gasteiger partial charge in [0.25, 0.3) is 0 Å². The van der Waals surface area contributed by atoms with Gasteiger partial charge in [0.15, 0.2) is 0 Å². The molecule has 2 fully saturated rings. The summed E-state index contributed by atoms with van der Waals surface area (Å²) < 4.78 is 43.0. The number of hydrogen-bond acceptors (Lipinski definition) is 8. The van der Waals surface area contributed by atoms with Gasteiger partial charge < -0.3 is 18.9 Å². The molecule has 0 N–H and O–H groups in total. The van der Waals surface area contributed by atoms with E-state index in [1.807, 2.05) is 48.5 Å². The van der Waals surface area contributed by atoms with E-state index in [1.54, 1.807) is 4.90 Å². The molecule has 0 unspecified atom stereocenters. The topological polar surface area (TPSA) is 108 Å². The molecule has 0 saturated carbocycles. The Bertz CT molecular complexity index is 959. The smallest absolute Gasteiger partial charge is 0.444 e. The molecule has 9 nitrogen and oxygen atoms in total. The van der Waals surface area contributed by atoms with E-state index >= 15 is 0 Å². The predicted octanol–water partition coefficient (Wildman–Crippen LogP) is 2.98. The van der Waals surface area contributed by atoms with Crippen LogP contribution in [-0.4, -0.2) is 72.1 Å². The first kappa shape index (κ1) is 26.9. The Hall–Kier alpha value is -1.72. The van der Waals surface area contributed by atoms with Crippen molar-refractivity contribution in [3.05, 3.63) is 12.4 Å². The number of likely N-dealkylation sites (tertiary alicyclic amines) is 1. The Morgan fingerprint density at radius 1 is 1.18 bits per heavy atom. The highest BCUT2D eigenvalue weighted by Gasteiger charge is 2.52. The van der Waals surface area contributed by atoms with Crippen LogP contribution in [0.2, 0.25) is 0 Å². The zero-order valence-electron chi connectivity index (χ0n) is 21.5. The Morgan fingerprint density at radius 3 is 2.32 bits per heavy atom. The van der Waals surface area contributed by atoms with Crippen molar-refractivity contribution in [2.45, 2.75) is 96.1 Å². The fourth-order valence-corrected chi connectivity index (χ4v) is 5.19. The highest BCUT2D eigenvalue weighted by Crippen LogP contribution is 2.36. The van der Waals surface area contributed by atoms with E-state index in [9.17, 15) is 13.2 Å². The Morgan fingerprint density at radius 2 is 1.76 bits per heavy atom. The van der Waals surface area contributed by atoms with E-state index < -0.39 is 33.8 Å². The fourth-order valence-electron chi connectivity index (χ4n) is 4.03. The van der Waals surface area contributed by atoms with Gasteiger partial charge in [-0.3, -0.25) is 0 Å². The molecule has 1 atom stereocenters. The van der Waals surface area contributed by atoms with Gasteiger partial charge in [0.1, 0.15) is 5.60 Å². The van der Waals surface area contributed by atoms with Gasteiger partial charge >= 0.3 is 13.2 Å². The summed E-state index contributed by atoms with van der Waals surface area (Å²) in [6.45, 7) is 14.6. The van der Waals surface area contributed by atoms with Crippen LogP contribution >= 0.6 is 0 Å². The maximum Gasteiger partial charge on any atom is 0.498 e. The molecule has 2 saturated heterocycles.